The molecule has 1 heterocycles. The molecular weight excluding hydrogens is 264 g/mol. The molecule has 0 spiro atoms. The lowest BCUT2D eigenvalue weighted by Gasteiger charge is -2.20. The van der Waals surface area contributed by atoms with E-state index in [-0.39, 0.29) is 6.04 Å². The molecule has 108 valence electrons. The first kappa shape index (κ1) is 15.2. The Labute approximate surface area is 126 Å². The van der Waals surface area contributed by atoms with Crippen LogP contribution in [-0.4, -0.2) is 11.0 Å². The highest BCUT2D eigenvalue weighted by Gasteiger charge is 2.19. The second-order valence-electron chi connectivity index (χ2n) is 5.57. The van der Waals surface area contributed by atoms with Gasteiger partial charge in [0, 0.05) is 10.9 Å². The first-order valence-electron chi connectivity index (χ1n) is 7.30. The van der Waals surface area contributed by atoms with Crippen molar-refractivity contribution < 1.29 is 0 Å². The van der Waals surface area contributed by atoms with Gasteiger partial charge < -0.3 is 5.32 Å². The Kier molecular flexibility index (Phi) is 4.95. The molecule has 2 rings (SSSR count). The Morgan fingerprint density at radius 3 is 2.30 bits per heavy atom. The van der Waals surface area contributed by atoms with Gasteiger partial charge in [0.25, 0.3) is 0 Å². The molecule has 20 heavy (non-hydrogen) atoms. The Morgan fingerprint density at radius 2 is 1.80 bits per heavy atom. The molecule has 2 aromatic rings. The zero-order chi connectivity index (χ0) is 14.7. The van der Waals surface area contributed by atoms with E-state index in [1.54, 1.807) is 0 Å². The van der Waals surface area contributed by atoms with Crippen molar-refractivity contribution >= 4 is 11.3 Å². The highest BCUT2D eigenvalue weighted by atomic mass is 32.1. The molecule has 1 N–H and O–H groups in total. The van der Waals surface area contributed by atoms with Gasteiger partial charge in [-0.3, -0.25) is 0 Å². The molecule has 2 nitrogen and oxygen atoms in total. The third kappa shape index (κ3) is 3.47. The minimum absolute atomic E-state index is 0.194. The lowest BCUT2D eigenvalue weighted by Crippen LogP contribution is -2.28. The summed E-state index contributed by atoms with van der Waals surface area (Å²) in [6.45, 7) is 10.8. The summed E-state index contributed by atoms with van der Waals surface area (Å²) < 4.78 is 0. The van der Waals surface area contributed by atoms with E-state index in [1.165, 1.54) is 26.7 Å². The van der Waals surface area contributed by atoms with Gasteiger partial charge in [-0.1, -0.05) is 36.8 Å². The molecule has 0 fully saturated rings. The van der Waals surface area contributed by atoms with Gasteiger partial charge in [0.15, 0.2) is 0 Å². The van der Waals surface area contributed by atoms with Gasteiger partial charge in [0.1, 0.15) is 5.01 Å². The SMILES string of the molecule is CCc1nc(C(NC(C)C)c2ccc(C)cc2)sc1C. The van der Waals surface area contributed by atoms with Gasteiger partial charge >= 0.3 is 0 Å². The molecule has 0 aliphatic rings. The molecular formula is C17H24N2S. The van der Waals surface area contributed by atoms with Crippen LogP contribution in [0.4, 0.5) is 0 Å². The molecule has 1 unspecified atom stereocenters. The maximum absolute atomic E-state index is 4.84. The average molecular weight is 288 g/mol. The van der Waals surface area contributed by atoms with E-state index in [0.29, 0.717) is 6.04 Å². The lowest BCUT2D eigenvalue weighted by atomic mass is 10.0. The lowest BCUT2D eigenvalue weighted by molar-refractivity contribution is 0.526. The van der Waals surface area contributed by atoms with Crippen molar-refractivity contribution in [3.8, 4) is 0 Å². The third-order valence-electron chi connectivity index (χ3n) is 3.40. The molecule has 1 atom stereocenters. The van der Waals surface area contributed by atoms with Crippen LogP contribution in [0.1, 0.15) is 53.5 Å². The van der Waals surface area contributed by atoms with Crippen LogP contribution >= 0.6 is 11.3 Å². The second kappa shape index (κ2) is 6.51. The van der Waals surface area contributed by atoms with E-state index in [9.17, 15) is 0 Å². The van der Waals surface area contributed by atoms with E-state index in [0.717, 1.165) is 6.42 Å². The fourth-order valence-electron chi connectivity index (χ4n) is 2.30. The first-order valence-corrected chi connectivity index (χ1v) is 8.11. The van der Waals surface area contributed by atoms with Crippen LogP contribution in [-0.2, 0) is 6.42 Å². The Bertz CT molecular complexity index is 555. The molecule has 3 heteroatoms. The number of hydrogen-bond donors (Lipinski definition) is 1. The van der Waals surface area contributed by atoms with Crippen LogP contribution in [0.5, 0.6) is 0 Å². The van der Waals surface area contributed by atoms with Gasteiger partial charge in [-0.05, 0) is 39.7 Å². The van der Waals surface area contributed by atoms with E-state index >= 15 is 0 Å². The van der Waals surface area contributed by atoms with Gasteiger partial charge in [-0.25, -0.2) is 4.98 Å². The van der Waals surface area contributed by atoms with E-state index < -0.39 is 0 Å². The smallest absolute Gasteiger partial charge is 0.115 e. The van der Waals surface area contributed by atoms with Crippen LogP contribution in [0.15, 0.2) is 24.3 Å². The van der Waals surface area contributed by atoms with Crippen LogP contribution in [0, 0.1) is 13.8 Å². The average Bonchev–Trinajstić information content (AvgIpc) is 2.78. The van der Waals surface area contributed by atoms with Crippen LogP contribution < -0.4 is 5.32 Å². The maximum atomic E-state index is 4.84. The number of aromatic nitrogens is 1. The summed E-state index contributed by atoms with van der Waals surface area (Å²) in [5.41, 5.74) is 3.81. The monoisotopic (exact) mass is 288 g/mol. The molecule has 0 saturated carbocycles. The molecule has 0 bridgehead atoms. The summed E-state index contributed by atoms with van der Waals surface area (Å²) in [6.07, 6.45) is 1.00. The van der Waals surface area contributed by atoms with Gasteiger partial charge in [0.2, 0.25) is 0 Å². The number of nitrogens with zero attached hydrogens (tertiary/aromatic N) is 1. The zero-order valence-corrected chi connectivity index (χ0v) is 13.8. The quantitative estimate of drug-likeness (QED) is 0.881. The Balaban J connectivity index is 2.38. The largest absolute Gasteiger partial charge is 0.302 e. The number of nitrogens with one attached hydrogen (secondary N) is 1. The summed E-state index contributed by atoms with van der Waals surface area (Å²) in [7, 11) is 0. The van der Waals surface area contributed by atoms with Gasteiger partial charge in [-0.2, -0.15) is 0 Å². The fourth-order valence-corrected chi connectivity index (χ4v) is 3.40. The Morgan fingerprint density at radius 1 is 1.15 bits per heavy atom. The predicted octanol–water partition coefficient (Wildman–Crippen LogP) is 4.41. The minimum Gasteiger partial charge on any atom is -0.302 e. The van der Waals surface area contributed by atoms with Gasteiger partial charge in [0.05, 0.1) is 11.7 Å². The highest BCUT2D eigenvalue weighted by Crippen LogP contribution is 2.29. The highest BCUT2D eigenvalue weighted by molar-refractivity contribution is 7.11. The number of hydrogen-bond acceptors (Lipinski definition) is 3. The predicted molar refractivity (Wildman–Crippen MR) is 87.5 cm³/mol. The first-order chi connectivity index (χ1) is 9.51. The molecule has 0 saturated heterocycles. The van der Waals surface area contributed by atoms with Crippen molar-refractivity contribution in [1.29, 1.82) is 0 Å². The number of rotatable bonds is 5. The van der Waals surface area contributed by atoms with Crippen LogP contribution in [0.25, 0.3) is 0 Å². The van der Waals surface area contributed by atoms with Crippen molar-refractivity contribution in [3.05, 3.63) is 51.0 Å². The van der Waals surface area contributed by atoms with E-state index in [2.05, 4.69) is 64.2 Å². The van der Waals surface area contributed by atoms with Crippen LogP contribution in [0.3, 0.4) is 0 Å². The molecule has 0 amide bonds. The molecule has 1 aromatic carbocycles. The van der Waals surface area contributed by atoms with Crippen molar-refractivity contribution in [2.24, 2.45) is 0 Å². The summed E-state index contributed by atoms with van der Waals surface area (Å²) in [6, 6.07) is 9.38. The van der Waals surface area contributed by atoms with Crippen molar-refractivity contribution in [1.82, 2.24) is 10.3 Å². The molecule has 1 aromatic heterocycles. The molecule has 0 aliphatic carbocycles. The summed E-state index contributed by atoms with van der Waals surface area (Å²) in [5, 5.41) is 4.82. The van der Waals surface area contributed by atoms with Crippen molar-refractivity contribution in [2.75, 3.05) is 0 Å². The second-order valence-corrected chi connectivity index (χ2v) is 6.81. The van der Waals surface area contributed by atoms with Crippen molar-refractivity contribution in [3.63, 3.8) is 0 Å². The molecule has 0 radical (unpaired) electrons. The van der Waals surface area contributed by atoms with E-state index in [1.807, 2.05) is 11.3 Å². The topological polar surface area (TPSA) is 24.9 Å². The fraction of sp³-hybridized carbons (Fsp3) is 0.471. The standard InChI is InChI=1S/C17H24N2S/c1-6-15-13(5)20-17(19-15)16(18-11(2)3)14-9-7-12(4)8-10-14/h7-11,16,18H,6H2,1-5H3. The third-order valence-corrected chi connectivity index (χ3v) is 4.48. The number of aryl methyl sites for hydroxylation is 3. The maximum Gasteiger partial charge on any atom is 0.115 e. The number of benzene rings is 1. The Hall–Kier alpha value is -1.19. The van der Waals surface area contributed by atoms with Crippen LogP contribution in [0.2, 0.25) is 0 Å². The normalized spacial score (nSPS) is 12.9. The summed E-state index contributed by atoms with van der Waals surface area (Å²) >= 11 is 1.81. The van der Waals surface area contributed by atoms with Gasteiger partial charge in [-0.15, -0.1) is 11.3 Å². The number of thiazole rings is 1. The minimum atomic E-state index is 0.194. The zero-order valence-electron chi connectivity index (χ0n) is 13.0. The van der Waals surface area contributed by atoms with Crippen molar-refractivity contribution in [2.45, 2.75) is 53.1 Å². The summed E-state index contributed by atoms with van der Waals surface area (Å²) in [5.74, 6) is 0. The molecule has 0 aliphatic heterocycles. The summed E-state index contributed by atoms with van der Waals surface area (Å²) in [4.78, 5) is 6.17. The van der Waals surface area contributed by atoms with E-state index in [4.69, 9.17) is 4.98 Å².